The van der Waals surface area contributed by atoms with Crippen LogP contribution in [0.1, 0.15) is 29.8 Å². The van der Waals surface area contributed by atoms with Crippen LogP contribution in [0.4, 0.5) is 5.69 Å². The van der Waals surface area contributed by atoms with Crippen molar-refractivity contribution in [3.8, 4) is 0 Å². The molecule has 1 fully saturated rings. The zero-order valence-corrected chi connectivity index (χ0v) is 16.5. The number of carbonyl (C=O) groups excluding carboxylic acids is 1. The van der Waals surface area contributed by atoms with Gasteiger partial charge in [0.05, 0.1) is 4.90 Å². The third kappa shape index (κ3) is 3.94. The highest BCUT2D eigenvalue weighted by atomic mass is 32.2. The Kier molecular flexibility index (Phi) is 5.21. The van der Waals surface area contributed by atoms with Crippen molar-refractivity contribution in [1.82, 2.24) is 9.29 Å². The molecule has 1 aliphatic rings. The first kappa shape index (κ1) is 19.4. The Bertz CT molecular complexity index is 1230. The number of hydrogen-bond donors (Lipinski definition) is 2. The lowest BCUT2D eigenvalue weighted by molar-refractivity contribution is 0.102. The minimum atomic E-state index is -3.60. The number of sulfonamides is 1. The van der Waals surface area contributed by atoms with Crippen molar-refractivity contribution >= 4 is 32.4 Å². The molecule has 1 amide bonds. The molecule has 0 saturated carbocycles. The van der Waals surface area contributed by atoms with E-state index in [1.165, 1.54) is 16.4 Å². The summed E-state index contributed by atoms with van der Waals surface area (Å²) in [7, 11) is -3.60. The molecule has 2 N–H and O–H groups in total. The molecule has 0 spiro atoms. The van der Waals surface area contributed by atoms with Crippen LogP contribution in [-0.4, -0.2) is 36.7 Å². The molecule has 0 radical (unpaired) electrons. The highest BCUT2D eigenvalue weighted by Crippen LogP contribution is 2.23. The van der Waals surface area contributed by atoms with E-state index in [9.17, 15) is 18.0 Å². The molecule has 0 aliphatic carbocycles. The summed E-state index contributed by atoms with van der Waals surface area (Å²) in [5, 5.41) is 3.83. The average Bonchev–Trinajstić information content (AvgIpc) is 2.74. The van der Waals surface area contributed by atoms with Gasteiger partial charge >= 0.3 is 0 Å². The molecule has 8 heteroatoms. The number of fused-ring (bicyclic) bond motifs is 1. The fraction of sp³-hybridized carbons (Fsp3) is 0.238. The quantitative estimate of drug-likeness (QED) is 0.689. The normalized spacial score (nSPS) is 15.3. The second-order valence-electron chi connectivity index (χ2n) is 7.05. The van der Waals surface area contributed by atoms with Crippen molar-refractivity contribution < 1.29 is 13.2 Å². The topological polar surface area (TPSA) is 99.3 Å². The van der Waals surface area contributed by atoms with E-state index in [0.717, 1.165) is 19.3 Å². The number of aromatic amines is 1. The standard InChI is InChI=1S/C21H21N3O4S/c25-20-18-10-3-2-7-15(18)13-19(23-20)21(26)22-16-8-6-9-17(14-16)29(27,28)24-11-4-1-5-12-24/h2-3,6-10,13-14H,1,4-5,11-12H2,(H,22,26)(H,23,25). The van der Waals surface area contributed by atoms with Crippen molar-refractivity contribution in [2.24, 2.45) is 0 Å². The van der Waals surface area contributed by atoms with Crippen molar-refractivity contribution in [2.45, 2.75) is 24.2 Å². The van der Waals surface area contributed by atoms with E-state index < -0.39 is 15.9 Å². The number of aromatic nitrogens is 1. The molecule has 29 heavy (non-hydrogen) atoms. The summed E-state index contributed by atoms with van der Waals surface area (Å²) >= 11 is 0. The molecule has 1 aliphatic heterocycles. The molecule has 4 rings (SSSR count). The zero-order valence-electron chi connectivity index (χ0n) is 15.7. The molecule has 1 saturated heterocycles. The predicted molar refractivity (Wildman–Crippen MR) is 112 cm³/mol. The van der Waals surface area contributed by atoms with E-state index in [0.29, 0.717) is 29.5 Å². The summed E-state index contributed by atoms with van der Waals surface area (Å²) in [6.07, 6.45) is 2.74. The van der Waals surface area contributed by atoms with Crippen molar-refractivity contribution in [3.05, 3.63) is 70.6 Å². The van der Waals surface area contributed by atoms with Crippen LogP contribution < -0.4 is 10.9 Å². The molecule has 150 valence electrons. The fourth-order valence-electron chi connectivity index (χ4n) is 3.52. The van der Waals surface area contributed by atoms with Gasteiger partial charge < -0.3 is 10.3 Å². The van der Waals surface area contributed by atoms with Gasteiger partial charge in [-0.05, 0) is 48.6 Å². The number of nitrogens with zero attached hydrogens (tertiary/aromatic N) is 1. The predicted octanol–water partition coefficient (Wildman–Crippen LogP) is 2.96. The number of amides is 1. The molecule has 0 atom stereocenters. The number of pyridine rings is 1. The van der Waals surface area contributed by atoms with E-state index in [-0.39, 0.29) is 16.1 Å². The van der Waals surface area contributed by atoms with Gasteiger partial charge in [-0.2, -0.15) is 4.31 Å². The number of piperidine rings is 1. The third-order valence-electron chi connectivity index (χ3n) is 5.04. The van der Waals surface area contributed by atoms with Gasteiger partial charge in [0.15, 0.2) is 0 Å². The third-order valence-corrected chi connectivity index (χ3v) is 6.94. The molecule has 7 nitrogen and oxygen atoms in total. The Balaban J connectivity index is 1.59. The van der Waals surface area contributed by atoms with Crippen LogP contribution in [0.5, 0.6) is 0 Å². The highest BCUT2D eigenvalue weighted by molar-refractivity contribution is 7.89. The van der Waals surface area contributed by atoms with E-state index in [2.05, 4.69) is 10.3 Å². The Labute approximate surface area is 168 Å². The monoisotopic (exact) mass is 411 g/mol. The van der Waals surface area contributed by atoms with Gasteiger partial charge in [-0.15, -0.1) is 0 Å². The lowest BCUT2D eigenvalue weighted by atomic mass is 10.1. The first-order valence-electron chi connectivity index (χ1n) is 9.49. The smallest absolute Gasteiger partial charge is 0.272 e. The van der Waals surface area contributed by atoms with Crippen LogP contribution in [0, 0.1) is 0 Å². The summed E-state index contributed by atoms with van der Waals surface area (Å²) in [5.74, 6) is -0.514. The van der Waals surface area contributed by atoms with E-state index in [4.69, 9.17) is 0 Å². The first-order valence-corrected chi connectivity index (χ1v) is 10.9. The van der Waals surface area contributed by atoms with Gasteiger partial charge in [-0.3, -0.25) is 9.59 Å². The Morgan fingerprint density at radius 3 is 2.52 bits per heavy atom. The maximum absolute atomic E-state index is 12.9. The fourth-order valence-corrected chi connectivity index (χ4v) is 5.08. The van der Waals surface area contributed by atoms with Crippen LogP contribution >= 0.6 is 0 Å². The highest BCUT2D eigenvalue weighted by Gasteiger charge is 2.26. The Morgan fingerprint density at radius 1 is 0.966 bits per heavy atom. The maximum Gasteiger partial charge on any atom is 0.272 e. The summed E-state index contributed by atoms with van der Waals surface area (Å²) < 4.78 is 27.2. The molecule has 0 bridgehead atoms. The number of carbonyl (C=O) groups is 1. The summed E-state index contributed by atoms with van der Waals surface area (Å²) in [4.78, 5) is 27.5. The van der Waals surface area contributed by atoms with Crippen LogP contribution in [-0.2, 0) is 10.0 Å². The van der Waals surface area contributed by atoms with Gasteiger partial charge in [0.25, 0.3) is 11.5 Å². The van der Waals surface area contributed by atoms with Crippen molar-refractivity contribution in [2.75, 3.05) is 18.4 Å². The number of anilines is 1. The SMILES string of the molecule is O=C(Nc1cccc(S(=O)(=O)N2CCCCC2)c1)c1cc2ccccc2c(=O)[nH]1. The van der Waals surface area contributed by atoms with Crippen LogP contribution in [0.2, 0.25) is 0 Å². The maximum atomic E-state index is 12.9. The minimum Gasteiger partial charge on any atom is -0.321 e. The summed E-state index contributed by atoms with van der Waals surface area (Å²) in [6, 6.07) is 14.8. The van der Waals surface area contributed by atoms with Gasteiger partial charge in [0, 0.05) is 24.2 Å². The molecule has 0 unspecified atom stereocenters. The molecule has 2 aromatic carbocycles. The van der Waals surface area contributed by atoms with Gasteiger partial charge in [-0.1, -0.05) is 30.7 Å². The average molecular weight is 411 g/mol. The lowest BCUT2D eigenvalue weighted by Gasteiger charge is -2.26. The van der Waals surface area contributed by atoms with Crippen molar-refractivity contribution in [3.63, 3.8) is 0 Å². The molecular weight excluding hydrogens is 390 g/mol. The van der Waals surface area contributed by atoms with Gasteiger partial charge in [0.2, 0.25) is 10.0 Å². The molecule has 3 aromatic rings. The number of H-pyrrole nitrogens is 1. The number of benzene rings is 2. The lowest BCUT2D eigenvalue weighted by Crippen LogP contribution is -2.35. The van der Waals surface area contributed by atoms with Crippen LogP contribution in [0.3, 0.4) is 0 Å². The summed E-state index contributed by atoms with van der Waals surface area (Å²) in [6.45, 7) is 1.02. The van der Waals surface area contributed by atoms with Gasteiger partial charge in [0.1, 0.15) is 5.69 Å². The molecule has 1 aromatic heterocycles. The van der Waals surface area contributed by atoms with Crippen LogP contribution in [0.15, 0.2) is 64.3 Å². The minimum absolute atomic E-state index is 0.109. The number of rotatable bonds is 4. The summed E-state index contributed by atoms with van der Waals surface area (Å²) in [5.41, 5.74) is 0.106. The second kappa shape index (κ2) is 7.81. The second-order valence-corrected chi connectivity index (χ2v) is 8.98. The van der Waals surface area contributed by atoms with E-state index >= 15 is 0 Å². The number of nitrogens with one attached hydrogen (secondary N) is 2. The van der Waals surface area contributed by atoms with Crippen LogP contribution in [0.25, 0.3) is 10.8 Å². The van der Waals surface area contributed by atoms with Gasteiger partial charge in [-0.25, -0.2) is 8.42 Å². The van der Waals surface area contributed by atoms with E-state index in [1.54, 1.807) is 42.5 Å². The molecular formula is C21H21N3O4S. The number of hydrogen-bond acceptors (Lipinski definition) is 4. The first-order chi connectivity index (χ1) is 13.9. The Hall–Kier alpha value is -2.97. The largest absolute Gasteiger partial charge is 0.321 e. The van der Waals surface area contributed by atoms with E-state index in [1.807, 2.05) is 0 Å². The molecule has 2 heterocycles. The zero-order chi connectivity index (χ0) is 20.4. The van der Waals surface area contributed by atoms with Crippen molar-refractivity contribution in [1.29, 1.82) is 0 Å². The Morgan fingerprint density at radius 2 is 1.72 bits per heavy atom.